The molecule has 138 valence electrons. The van der Waals surface area contributed by atoms with Crippen LogP contribution < -0.4 is 5.32 Å². The minimum Gasteiger partial charge on any atom is -0.311 e. The predicted molar refractivity (Wildman–Crippen MR) is 95.8 cm³/mol. The van der Waals surface area contributed by atoms with Gasteiger partial charge in [-0.3, -0.25) is 4.79 Å². The van der Waals surface area contributed by atoms with Crippen LogP contribution in [0.4, 0.5) is 10.2 Å². The van der Waals surface area contributed by atoms with E-state index in [9.17, 15) is 17.6 Å². The number of aromatic nitrogens is 2. The largest absolute Gasteiger partial charge is 0.311 e. The lowest BCUT2D eigenvalue weighted by Crippen LogP contribution is -2.26. The molecule has 0 bridgehead atoms. The second-order valence-electron chi connectivity index (χ2n) is 6.83. The third-order valence-electron chi connectivity index (χ3n) is 5.03. The number of anilines is 1. The van der Waals surface area contributed by atoms with Gasteiger partial charge in [-0.25, -0.2) is 17.5 Å². The van der Waals surface area contributed by atoms with Crippen LogP contribution in [0.1, 0.15) is 41.6 Å². The van der Waals surface area contributed by atoms with Crippen LogP contribution in [0.15, 0.2) is 18.2 Å². The highest BCUT2D eigenvalue weighted by atomic mass is 35.5. The molecule has 9 heteroatoms. The van der Waals surface area contributed by atoms with Crippen molar-refractivity contribution in [2.24, 2.45) is 0 Å². The summed E-state index contributed by atoms with van der Waals surface area (Å²) in [6.07, 6.45) is 0.670. The van der Waals surface area contributed by atoms with Crippen molar-refractivity contribution in [1.82, 2.24) is 9.78 Å². The molecule has 26 heavy (non-hydrogen) atoms. The van der Waals surface area contributed by atoms with E-state index in [1.807, 2.05) is 6.92 Å². The van der Waals surface area contributed by atoms with Crippen LogP contribution in [0, 0.1) is 12.7 Å². The van der Waals surface area contributed by atoms with Gasteiger partial charge in [0.2, 0.25) is 5.91 Å². The molecule has 1 amide bonds. The van der Waals surface area contributed by atoms with Crippen molar-refractivity contribution in [3.05, 3.63) is 45.9 Å². The third kappa shape index (κ3) is 2.91. The van der Waals surface area contributed by atoms with Crippen molar-refractivity contribution in [3.8, 4) is 0 Å². The molecule has 0 radical (unpaired) electrons. The Morgan fingerprint density at radius 1 is 1.38 bits per heavy atom. The fourth-order valence-electron chi connectivity index (χ4n) is 3.82. The Bertz CT molecular complexity index is 1020. The van der Waals surface area contributed by atoms with Gasteiger partial charge < -0.3 is 5.32 Å². The number of halogens is 2. The highest BCUT2D eigenvalue weighted by Crippen LogP contribution is 2.42. The summed E-state index contributed by atoms with van der Waals surface area (Å²) >= 11 is 5.91. The van der Waals surface area contributed by atoms with Crippen molar-refractivity contribution >= 4 is 33.2 Å². The highest BCUT2D eigenvalue weighted by molar-refractivity contribution is 7.91. The number of aryl methyl sites for hydroxylation is 1. The Kier molecular flexibility index (Phi) is 4.07. The molecule has 1 aromatic heterocycles. The molecular weight excluding hydrogens is 381 g/mol. The average Bonchev–Trinajstić information content (AvgIpc) is 3.09. The molecule has 1 N–H and O–H groups in total. The molecule has 6 nitrogen and oxygen atoms in total. The monoisotopic (exact) mass is 397 g/mol. The second kappa shape index (κ2) is 6.06. The van der Waals surface area contributed by atoms with Crippen molar-refractivity contribution < 1.29 is 17.6 Å². The van der Waals surface area contributed by atoms with E-state index in [4.69, 9.17) is 11.6 Å². The lowest BCUT2D eigenvalue weighted by Gasteiger charge is -2.25. The predicted octanol–water partition coefficient (Wildman–Crippen LogP) is 2.82. The summed E-state index contributed by atoms with van der Waals surface area (Å²) in [5.41, 5.74) is 2.28. The Balaban J connectivity index is 1.81. The van der Waals surface area contributed by atoms with Gasteiger partial charge in [-0.1, -0.05) is 17.7 Å². The van der Waals surface area contributed by atoms with Gasteiger partial charge in [0.15, 0.2) is 9.84 Å². The van der Waals surface area contributed by atoms with E-state index in [2.05, 4.69) is 10.4 Å². The average molecular weight is 398 g/mol. The molecule has 1 aromatic carbocycles. The first-order valence-corrected chi connectivity index (χ1v) is 10.5. The van der Waals surface area contributed by atoms with E-state index >= 15 is 0 Å². The number of carbonyl (C=O) groups excluding carboxylic acids is 1. The van der Waals surface area contributed by atoms with Crippen LogP contribution >= 0.6 is 11.6 Å². The summed E-state index contributed by atoms with van der Waals surface area (Å²) in [5, 5.41) is 7.36. The normalized spacial score (nSPS) is 24.3. The van der Waals surface area contributed by atoms with E-state index in [0.717, 1.165) is 16.8 Å². The molecule has 4 rings (SSSR count). The summed E-state index contributed by atoms with van der Waals surface area (Å²) in [6, 6.07) is 4.14. The van der Waals surface area contributed by atoms with Crippen LogP contribution in [0.25, 0.3) is 0 Å². The van der Waals surface area contributed by atoms with Crippen LogP contribution in [-0.4, -0.2) is 35.6 Å². The number of hydrogen-bond acceptors (Lipinski definition) is 4. The van der Waals surface area contributed by atoms with Crippen molar-refractivity contribution in [2.45, 2.75) is 31.7 Å². The van der Waals surface area contributed by atoms with Gasteiger partial charge in [-0.15, -0.1) is 0 Å². The van der Waals surface area contributed by atoms with E-state index < -0.39 is 15.7 Å². The number of nitrogens with one attached hydrogen (secondary N) is 1. The number of fused-ring (bicyclic) bond motifs is 1. The van der Waals surface area contributed by atoms with E-state index in [1.165, 1.54) is 12.1 Å². The van der Waals surface area contributed by atoms with Gasteiger partial charge in [0.25, 0.3) is 0 Å². The molecule has 0 spiro atoms. The maximum absolute atomic E-state index is 13.5. The maximum Gasteiger partial charge on any atom is 0.226 e. The summed E-state index contributed by atoms with van der Waals surface area (Å²) in [6.45, 7) is 1.83. The van der Waals surface area contributed by atoms with Crippen LogP contribution in [0.2, 0.25) is 5.02 Å². The smallest absolute Gasteiger partial charge is 0.226 e. The fraction of sp³-hybridized carbons (Fsp3) is 0.412. The number of benzene rings is 1. The summed E-state index contributed by atoms with van der Waals surface area (Å²) < 4.78 is 38.8. The Morgan fingerprint density at radius 2 is 2.15 bits per heavy atom. The first-order chi connectivity index (χ1) is 12.2. The van der Waals surface area contributed by atoms with E-state index in [-0.39, 0.29) is 40.8 Å². The van der Waals surface area contributed by atoms with Gasteiger partial charge in [0, 0.05) is 17.9 Å². The molecule has 2 aliphatic rings. The topological polar surface area (TPSA) is 81.1 Å². The molecule has 1 fully saturated rings. The van der Waals surface area contributed by atoms with Crippen molar-refractivity contribution in [2.75, 3.05) is 16.8 Å². The molecule has 0 unspecified atom stereocenters. The molecule has 2 aromatic rings. The van der Waals surface area contributed by atoms with Crippen molar-refractivity contribution in [1.29, 1.82) is 0 Å². The Morgan fingerprint density at radius 3 is 2.81 bits per heavy atom. The fourth-order valence-corrected chi connectivity index (χ4v) is 5.70. The molecule has 3 heterocycles. The SMILES string of the molecule is Cc1nn([C@H]2CCS(=O)(=O)C2)c2c1[C@H](c1ccc(F)c(Cl)c1)CC(=O)N2. The highest BCUT2D eigenvalue weighted by Gasteiger charge is 2.37. The van der Waals surface area contributed by atoms with Gasteiger partial charge in [-0.05, 0) is 31.0 Å². The van der Waals surface area contributed by atoms with Gasteiger partial charge in [0.05, 0.1) is 28.3 Å². The lowest BCUT2D eigenvalue weighted by molar-refractivity contribution is -0.116. The number of amides is 1. The zero-order valence-electron chi connectivity index (χ0n) is 14.0. The standard InChI is InChI=1S/C17H17ClFN3O3S/c1-9-16-12(10-2-3-14(19)13(18)6-10)7-15(23)20-17(16)22(21-9)11-4-5-26(24,25)8-11/h2-3,6,11-12H,4-5,7-8H2,1H3,(H,20,23)/t11-,12-/m0/s1. The van der Waals surface area contributed by atoms with Gasteiger partial charge in [0.1, 0.15) is 11.6 Å². The third-order valence-corrected chi connectivity index (χ3v) is 7.07. The van der Waals surface area contributed by atoms with Crippen molar-refractivity contribution in [3.63, 3.8) is 0 Å². The first kappa shape index (κ1) is 17.5. The minimum atomic E-state index is -3.08. The van der Waals surface area contributed by atoms with Crippen LogP contribution in [-0.2, 0) is 14.6 Å². The Hall–Kier alpha value is -1.93. The summed E-state index contributed by atoms with van der Waals surface area (Å²) in [7, 11) is -3.08. The molecule has 0 aliphatic carbocycles. The van der Waals surface area contributed by atoms with Gasteiger partial charge >= 0.3 is 0 Å². The van der Waals surface area contributed by atoms with E-state index in [1.54, 1.807) is 10.7 Å². The number of nitrogens with zero attached hydrogens (tertiary/aromatic N) is 2. The molecular formula is C17H17ClFN3O3S. The minimum absolute atomic E-state index is 0.00182. The lowest BCUT2D eigenvalue weighted by atomic mass is 9.86. The molecule has 0 saturated carbocycles. The molecule has 2 atom stereocenters. The second-order valence-corrected chi connectivity index (χ2v) is 9.46. The summed E-state index contributed by atoms with van der Waals surface area (Å²) in [4.78, 5) is 12.3. The maximum atomic E-state index is 13.5. The zero-order valence-corrected chi connectivity index (χ0v) is 15.6. The molecule has 1 saturated heterocycles. The molecule has 2 aliphatic heterocycles. The number of hydrogen-bond donors (Lipinski definition) is 1. The number of sulfone groups is 1. The Labute approximate surface area is 155 Å². The number of carbonyl (C=O) groups is 1. The van der Waals surface area contributed by atoms with Gasteiger partial charge in [-0.2, -0.15) is 5.10 Å². The summed E-state index contributed by atoms with van der Waals surface area (Å²) in [5.74, 6) is -0.334. The van der Waals surface area contributed by atoms with Crippen LogP contribution in [0.3, 0.4) is 0 Å². The van der Waals surface area contributed by atoms with E-state index in [0.29, 0.717) is 12.2 Å². The zero-order chi connectivity index (χ0) is 18.6. The van der Waals surface area contributed by atoms with Crippen LogP contribution in [0.5, 0.6) is 0 Å². The quantitative estimate of drug-likeness (QED) is 0.844. The first-order valence-electron chi connectivity index (χ1n) is 8.29. The number of rotatable bonds is 2.